The molecule has 0 aromatic heterocycles. The van der Waals surface area contributed by atoms with Crippen LogP contribution in [-0.2, 0) is 6.42 Å². The SMILES string of the molecule is CCNC(CCc1cccc(C)c1)c1ccc(C)cc1. The van der Waals surface area contributed by atoms with E-state index in [-0.39, 0.29) is 0 Å². The topological polar surface area (TPSA) is 12.0 Å². The van der Waals surface area contributed by atoms with E-state index in [0.717, 1.165) is 19.4 Å². The van der Waals surface area contributed by atoms with Crippen LogP contribution in [0.25, 0.3) is 0 Å². The lowest BCUT2D eigenvalue weighted by atomic mass is 9.97. The minimum Gasteiger partial charge on any atom is -0.310 e. The highest BCUT2D eigenvalue weighted by molar-refractivity contribution is 5.26. The summed E-state index contributed by atoms with van der Waals surface area (Å²) in [6, 6.07) is 18.2. The summed E-state index contributed by atoms with van der Waals surface area (Å²) in [7, 11) is 0. The Morgan fingerprint density at radius 3 is 2.35 bits per heavy atom. The summed E-state index contributed by atoms with van der Waals surface area (Å²) in [5.41, 5.74) is 5.49. The molecule has 2 rings (SSSR count). The Morgan fingerprint density at radius 2 is 1.70 bits per heavy atom. The Hall–Kier alpha value is -1.60. The zero-order chi connectivity index (χ0) is 14.4. The molecule has 0 radical (unpaired) electrons. The molecule has 0 saturated heterocycles. The fraction of sp³-hybridized carbons (Fsp3) is 0.368. The van der Waals surface area contributed by atoms with Crippen LogP contribution in [-0.4, -0.2) is 6.54 Å². The predicted octanol–water partition coefficient (Wildman–Crippen LogP) is 4.59. The molecule has 2 aromatic rings. The molecular formula is C19H25N. The molecule has 1 heteroatoms. The third-order valence-corrected chi connectivity index (χ3v) is 3.73. The third-order valence-electron chi connectivity index (χ3n) is 3.73. The Balaban J connectivity index is 2.04. The molecule has 106 valence electrons. The summed E-state index contributed by atoms with van der Waals surface area (Å²) >= 11 is 0. The van der Waals surface area contributed by atoms with Gasteiger partial charge in [-0.05, 0) is 44.4 Å². The Morgan fingerprint density at radius 1 is 0.950 bits per heavy atom. The van der Waals surface area contributed by atoms with Crippen molar-refractivity contribution in [3.05, 3.63) is 70.8 Å². The van der Waals surface area contributed by atoms with Crippen LogP contribution in [0.4, 0.5) is 0 Å². The van der Waals surface area contributed by atoms with Crippen LogP contribution in [0.15, 0.2) is 48.5 Å². The molecule has 0 fully saturated rings. The Labute approximate surface area is 123 Å². The van der Waals surface area contributed by atoms with Crippen LogP contribution in [0.1, 0.15) is 41.6 Å². The van der Waals surface area contributed by atoms with Crippen molar-refractivity contribution in [2.24, 2.45) is 0 Å². The average Bonchev–Trinajstić information content (AvgIpc) is 2.44. The van der Waals surface area contributed by atoms with Gasteiger partial charge in [-0.2, -0.15) is 0 Å². The number of aryl methyl sites for hydroxylation is 3. The standard InChI is InChI=1S/C19H25N/c1-4-20-19(18-11-8-15(2)9-12-18)13-10-17-7-5-6-16(3)14-17/h5-9,11-12,14,19-20H,4,10,13H2,1-3H3. The molecule has 0 amide bonds. The van der Waals surface area contributed by atoms with Gasteiger partial charge in [0.2, 0.25) is 0 Å². The highest BCUT2D eigenvalue weighted by Gasteiger charge is 2.10. The van der Waals surface area contributed by atoms with Gasteiger partial charge in [-0.15, -0.1) is 0 Å². The van der Waals surface area contributed by atoms with Crippen molar-refractivity contribution in [1.29, 1.82) is 0 Å². The minimum atomic E-state index is 0.445. The second kappa shape index (κ2) is 7.25. The van der Waals surface area contributed by atoms with E-state index in [2.05, 4.69) is 74.6 Å². The number of rotatable bonds is 6. The fourth-order valence-electron chi connectivity index (χ4n) is 2.61. The molecule has 1 unspecified atom stereocenters. The molecule has 0 spiro atoms. The zero-order valence-corrected chi connectivity index (χ0v) is 12.8. The first-order valence-corrected chi connectivity index (χ1v) is 7.54. The van der Waals surface area contributed by atoms with E-state index in [1.54, 1.807) is 0 Å². The lowest BCUT2D eigenvalue weighted by molar-refractivity contribution is 0.515. The van der Waals surface area contributed by atoms with Crippen molar-refractivity contribution in [3.8, 4) is 0 Å². The first-order valence-electron chi connectivity index (χ1n) is 7.54. The van der Waals surface area contributed by atoms with E-state index in [1.807, 2.05) is 0 Å². The molecule has 0 aliphatic carbocycles. The number of nitrogens with one attached hydrogen (secondary N) is 1. The van der Waals surface area contributed by atoms with E-state index in [0.29, 0.717) is 6.04 Å². The van der Waals surface area contributed by atoms with Crippen molar-refractivity contribution < 1.29 is 0 Å². The summed E-state index contributed by atoms with van der Waals surface area (Å²) in [4.78, 5) is 0. The number of hydrogen-bond acceptors (Lipinski definition) is 1. The van der Waals surface area contributed by atoms with Crippen LogP contribution in [0.5, 0.6) is 0 Å². The molecule has 20 heavy (non-hydrogen) atoms. The summed E-state index contributed by atoms with van der Waals surface area (Å²) in [5, 5.41) is 3.60. The molecule has 0 heterocycles. The molecule has 1 nitrogen and oxygen atoms in total. The molecule has 0 aliphatic rings. The summed E-state index contributed by atoms with van der Waals surface area (Å²) < 4.78 is 0. The molecule has 0 aliphatic heterocycles. The first kappa shape index (κ1) is 14.8. The van der Waals surface area contributed by atoms with Crippen molar-refractivity contribution in [2.45, 2.75) is 39.7 Å². The van der Waals surface area contributed by atoms with Gasteiger partial charge in [-0.25, -0.2) is 0 Å². The maximum atomic E-state index is 3.60. The Kier molecular flexibility index (Phi) is 5.37. The third kappa shape index (κ3) is 4.21. The smallest absolute Gasteiger partial charge is 0.0323 e. The maximum Gasteiger partial charge on any atom is 0.0323 e. The highest BCUT2D eigenvalue weighted by Crippen LogP contribution is 2.20. The number of hydrogen-bond donors (Lipinski definition) is 1. The van der Waals surface area contributed by atoms with E-state index in [4.69, 9.17) is 0 Å². The van der Waals surface area contributed by atoms with Gasteiger partial charge in [0.15, 0.2) is 0 Å². The monoisotopic (exact) mass is 267 g/mol. The maximum absolute atomic E-state index is 3.60. The molecule has 0 saturated carbocycles. The van der Waals surface area contributed by atoms with Crippen molar-refractivity contribution in [2.75, 3.05) is 6.54 Å². The normalized spacial score (nSPS) is 12.3. The molecule has 0 bridgehead atoms. The quantitative estimate of drug-likeness (QED) is 0.807. The van der Waals surface area contributed by atoms with Gasteiger partial charge in [0, 0.05) is 6.04 Å². The van der Waals surface area contributed by atoms with Crippen molar-refractivity contribution in [3.63, 3.8) is 0 Å². The Bertz CT molecular complexity index is 528. The van der Waals surface area contributed by atoms with Crippen LogP contribution in [0, 0.1) is 13.8 Å². The van der Waals surface area contributed by atoms with Gasteiger partial charge >= 0.3 is 0 Å². The molecule has 1 atom stereocenters. The van der Waals surface area contributed by atoms with Crippen LogP contribution in [0.2, 0.25) is 0 Å². The van der Waals surface area contributed by atoms with E-state index in [1.165, 1.54) is 22.3 Å². The van der Waals surface area contributed by atoms with Gasteiger partial charge in [0.25, 0.3) is 0 Å². The average molecular weight is 267 g/mol. The number of benzene rings is 2. The van der Waals surface area contributed by atoms with Gasteiger partial charge < -0.3 is 5.32 Å². The van der Waals surface area contributed by atoms with Crippen molar-refractivity contribution >= 4 is 0 Å². The van der Waals surface area contributed by atoms with E-state index >= 15 is 0 Å². The molecule has 2 aromatic carbocycles. The summed E-state index contributed by atoms with van der Waals surface area (Å²) in [6.07, 6.45) is 2.26. The summed E-state index contributed by atoms with van der Waals surface area (Å²) in [6.45, 7) is 7.48. The van der Waals surface area contributed by atoms with E-state index in [9.17, 15) is 0 Å². The minimum absolute atomic E-state index is 0.445. The zero-order valence-electron chi connectivity index (χ0n) is 12.8. The lowest BCUT2D eigenvalue weighted by Crippen LogP contribution is -2.21. The lowest BCUT2D eigenvalue weighted by Gasteiger charge is -2.18. The molecular weight excluding hydrogens is 242 g/mol. The largest absolute Gasteiger partial charge is 0.310 e. The van der Waals surface area contributed by atoms with Gasteiger partial charge in [0.05, 0.1) is 0 Å². The van der Waals surface area contributed by atoms with Crippen molar-refractivity contribution in [1.82, 2.24) is 5.32 Å². The van der Waals surface area contributed by atoms with Crippen LogP contribution >= 0.6 is 0 Å². The summed E-state index contributed by atoms with van der Waals surface area (Å²) in [5.74, 6) is 0. The first-order chi connectivity index (χ1) is 9.69. The highest BCUT2D eigenvalue weighted by atomic mass is 14.9. The predicted molar refractivity (Wildman–Crippen MR) is 87.1 cm³/mol. The van der Waals surface area contributed by atoms with Crippen LogP contribution in [0.3, 0.4) is 0 Å². The fourth-order valence-corrected chi connectivity index (χ4v) is 2.61. The van der Waals surface area contributed by atoms with Gasteiger partial charge in [-0.3, -0.25) is 0 Å². The van der Waals surface area contributed by atoms with Crippen LogP contribution < -0.4 is 5.32 Å². The second-order valence-electron chi connectivity index (χ2n) is 5.55. The van der Waals surface area contributed by atoms with Gasteiger partial charge in [-0.1, -0.05) is 66.6 Å². The van der Waals surface area contributed by atoms with E-state index < -0.39 is 0 Å². The van der Waals surface area contributed by atoms with Gasteiger partial charge in [0.1, 0.15) is 0 Å². The molecule has 1 N–H and O–H groups in total. The second-order valence-corrected chi connectivity index (χ2v) is 5.55.